The Labute approximate surface area is 133 Å². The van der Waals surface area contributed by atoms with Crippen molar-refractivity contribution in [3.8, 4) is 0 Å². The molecule has 2 N–H and O–H groups in total. The van der Waals surface area contributed by atoms with Gasteiger partial charge in [-0.15, -0.1) is 0 Å². The minimum atomic E-state index is 0.0456. The Kier molecular flexibility index (Phi) is 4.03. The van der Waals surface area contributed by atoms with Crippen LogP contribution in [-0.4, -0.2) is 0 Å². The molecule has 1 atom stereocenters. The van der Waals surface area contributed by atoms with Gasteiger partial charge in [0, 0.05) is 9.61 Å². The summed E-state index contributed by atoms with van der Waals surface area (Å²) in [6.07, 6.45) is 0.866. The summed E-state index contributed by atoms with van der Waals surface area (Å²) < 4.78 is 1.23. The SMILES string of the molecule is NC(Cc1ccc2ccccc2c1)c1ccccc1I. The van der Waals surface area contributed by atoms with Gasteiger partial charge in [0.15, 0.2) is 0 Å². The highest BCUT2D eigenvalue weighted by molar-refractivity contribution is 14.1. The molecule has 0 saturated heterocycles. The number of nitrogens with two attached hydrogens (primary N) is 1. The molecule has 0 bridgehead atoms. The Bertz CT molecular complexity index is 736. The first-order valence-corrected chi connectivity index (χ1v) is 7.79. The lowest BCUT2D eigenvalue weighted by molar-refractivity contribution is 0.718. The molecule has 100 valence electrons. The Hall–Kier alpha value is -1.39. The zero-order valence-corrected chi connectivity index (χ0v) is 13.2. The van der Waals surface area contributed by atoms with Gasteiger partial charge in [-0.05, 0) is 57.0 Å². The van der Waals surface area contributed by atoms with Crippen molar-refractivity contribution < 1.29 is 0 Å². The maximum absolute atomic E-state index is 6.37. The molecule has 0 aliphatic rings. The van der Waals surface area contributed by atoms with Crippen LogP contribution in [0.25, 0.3) is 10.8 Å². The summed E-state index contributed by atoms with van der Waals surface area (Å²) in [7, 11) is 0. The van der Waals surface area contributed by atoms with Crippen LogP contribution in [0.2, 0.25) is 0 Å². The molecule has 3 rings (SSSR count). The smallest absolute Gasteiger partial charge is 0.0346 e. The first-order chi connectivity index (χ1) is 9.74. The standard InChI is InChI=1S/C18H16IN/c19-17-8-4-3-7-16(17)18(20)12-13-9-10-14-5-1-2-6-15(14)11-13/h1-11,18H,12,20H2. The van der Waals surface area contributed by atoms with E-state index < -0.39 is 0 Å². The fraction of sp³-hybridized carbons (Fsp3) is 0.111. The minimum Gasteiger partial charge on any atom is -0.324 e. The van der Waals surface area contributed by atoms with E-state index in [0.29, 0.717) is 0 Å². The summed E-state index contributed by atoms with van der Waals surface area (Å²) in [5, 5.41) is 2.55. The Morgan fingerprint density at radius 3 is 2.35 bits per heavy atom. The lowest BCUT2D eigenvalue weighted by Gasteiger charge is -2.14. The third kappa shape index (κ3) is 2.86. The van der Waals surface area contributed by atoms with Gasteiger partial charge in [0.1, 0.15) is 0 Å². The largest absolute Gasteiger partial charge is 0.324 e. The van der Waals surface area contributed by atoms with Crippen molar-refractivity contribution in [1.29, 1.82) is 0 Å². The van der Waals surface area contributed by atoms with Gasteiger partial charge in [-0.2, -0.15) is 0 Å². The van der Waals surface area contributed by atoms with Crippen molar-refractivity contribution in [3.63, 3.8) is 0 Å². The average molecular weight is 373 g/mol. The van der Waals surface area contributed by atoms with Crippen LogP contribution < -0.4 is 5.73 Å². The number of benzene rings is 3. The van der Waals surface area contributed by atoms with Crippen LogP contribution in [-0.2, 0) is 6.42 Å². The Morgan fingerprint density at radius 2 is 1.55 bits per heavy atom. The molecule has 0 heterocycles. The van der Waals surface area contributed by atoms with Crippen LogP contribution >= 0.6 is 22.6 Å². The molecule has 1 nitrogen and oxygen atoms in total. The Morgan fingerprint density at radius 1 is 0.850 bits per heavy atom. The molecule has 0 saturated carbocycles. The number of rotatable bonds is 3. The van der Waals surface area contributed by atoms with Gasteiger partial charge in [0.05, 0.1) is 0 Å². The van der Waals surface area contributed by atoms with E-state index in [-0.39, 0.29) is 6.04 Å². The van der Waals surface area contributed by atoms with Crippen molar-refractivity contribution in [2.45, 2.75) is 12.5 Å². The third-order valence-electron chi connectivity index (χ3n) is 3.57. The van der Waals surface area contributed by atoms with Crippen molar-refractivity contribution in [3.05, 3.63) is 81.4 Å². The highest BCUT2D eigenvalue weighted by Crippen LogP contribution is 2.23. The number of fused-ring (bicyclic) bond motifs is 1. The van der Waals surface area contributed by atoms with E-state index in [1.165, 1.54) is 25.5 Å². The minimum absolute atomic E-state index is 0.0456. The predicted molar refractivity (Wildman–Crippen MR) is 93.7 cm³/mol. The fourth-order valence-electron chi connectivity index (χ4n) is 2.51. The van der Waals surface area contributed by atoms with Crippen LogP contribution in [0.15, 0.2) is 66.7 Å². The molecule has 0 aliphatic carbocycles. The van der Waals surface area contributed by atoms with Crippen LogP contribution in [0.3, 0.4) is 0 Å². The van der Waals surface area contributed by atoms with Gasteiger partial charge in [-0.1, -0.05) is 60.7 Å². The van der Waals surface area contributed by atoms with Gasteiger partial charge in [0.25, 0.3) is 0 Å². The summed E-state index contributed by atoms with van der Waals surface area (Å²) in [5.41, 5.74) is 8.88. The average Bonchev–Trinajstić information content (AvgIpc) is 2.47. The van der Waals surface area contributed by atoms with E-state index in [4.69, 9.17) is 5.73 Å². The number of hydrogen-bond donors (Lipinski definition) is 1. The van der Waals surface area contributed by atoms with E-state index >= 15 is 0 Å². The molecule has 0 spiro atoms. The molecule has 3 aromatic carbocycles. The lowest BCUT2D eigenvalue weighted by Crippen LogP contribution is -2.14. The quantitative estimate of drug-likeness (QED) is 0.663. The van der Waals surface area contributed by atoms with E-state index in [1.54, 1.807) is 0 Å². The summed E-state index contributed by atoms with van der Waals surface area (Å²) in [5.74, 6) is 0. The van der Waals surface area contributed by atoms with Gasteiger partial charge >= 0.3 is 0 Å². The van der Waals surface area contributed by atoms with Crippen LogP contribution in [0.5, 0.6) is 0 Å². The normalized spacial score (nSPS) is 12.5. The zero-order chi connectivity index (χ0) is 13.9. The summed E-state index contributed by atoms with van der Waals surface area (Å²) in [6.45, 7) is 0. The van der Waals surface area contributed by atoms with Gasteiger partial charge < -0.3 is 5.73 Å². The molecular weight excluding hydrogens is 357 g/mol. The first-order valence-electron chi connectivity index (χ1n) is 6.72. The van der Waals surface area contributed by atoms with Crippen LogP contribution in [0.1, 0.15) is 17.2 Å². The maximum atomic E-state index is 6.37. The second-order valence-electron chi connectivity index (χ2n) is 5.01. The van der Waals surface area contributed by atoms with E-state index in [9.17, 15) is 0 Å². The highest BCUT2D eigenvalue weighted by atomic mass is 127. The topological polar surface area (TPSA) is 26.0 Å². The van der Waals surface area contributed by atoms with Gasteiger partial charge in [0.2, 0.25) is 0 Å². The molecule has 0 aliphatic heterocycles. The molecule has 20 heavy (non-hydrogen) atoms. The Balaban J connectivity index is 1.87. The highest BCUT2D eigenvalue weighted by Gasteiger charge is 2.10. The van der Waals surface area contributed by atoms with Crippen molar-refractivity contribution in [2.75, 3.05) is 0 Å². The molecule has 1 unspecified atom stereocenters. The predicted octanol–water partition coefficient (Wildman–Crippen LogP) is 4.69. The van der Waals surface area contributed by atoms with Crippen molar-refractivity contribution >= 4 is 33.4 Å². The maximum Gasteiger partial charge on any atom is 0.0346 e. The third-order valence-corrected chi connectivity index (χ3v) is 4.56. The molecule has 0 aromatic heterocycles. The van der Waals surface area contributed by atoms with Gasteiger partial charge in [-0.25, -0.2) is 0 Å². The zero-order valence-electron chi connectivity index (χ0n) is 11.1. The first kappa shape index (κ1) is 13.6. The molecule has 0 amide bonds. The fourth-order valence-corrected chi connectivity index (χ4v) is 3.29. The van der Waals surface area contributed by atoms with E-state index in [2.05, 4.69) is 83.3 Å². The van der Waals surface area contributed by atoms with Crippen molar-refractivity contribution in [2.24, 2.45) is 5.73 Å². The van der Waals surface area contributed by atoms with Crippen LogP contribution in [0.4, 0.5) is 0 Å². The molecule has 3 aromatic rings. The van der Waals surface area contributed by atoms with E-state index in [1.807, 2.05) is 6.07 Å². The summed E-state index contributed by atoms with van der Waals surface area (Å²) >= 11 is 2.35. The second kappa shape index (κ2) is 5.94. The number of hydrogen-bond acceptors (Lipinski definition) is 1. The van der Waals surface area contributed by atoms with E-state index in [0.717, 1.165) is 6.42 Å². The lowest BCUT2D eigenvalue weighted by atomic mass is 9.98. The molecular formula is C18H16IN. The summed E-state index contributed by atoms with van der Waals surface area (Å²) in [6, 6.07) is 23.4. The number of halogens is 1. The van der Waals surface area contributed by atoms with Crippen LogP contribution in [0, 0.1) is 3.57 Å². The monoisotopic (exact) mass is 373 g/mol. The molecule has 0 fully saturated rings. The second-order valence-corrected chi connectivity index (χ2v) is 6.18. The summed E-state index contributed by atoms with van der Waals surface area (Å²) in [4.78, 5) is 0. The van der Waals surface area contributed by atoms with Crippen molar-refractivity contribution in [1.82, 2.24) is 0 Å². The molecule has 0 radical (unpaired) electrons. The van der Waals surface area contributed by atoms with Gasteiger partial charge in [-0.3, -0.25) is 0 Å². The molecule has 2 heteroatoms.